The molecule has 0 aromatic heterocycles. The third kappa shape index (κ3) is 8.11. The van der Waals surface area contributed by atoms with Crippen molar-refractivity contribution in [3.8, 4) is 0 Å². The molecule has 0 saturated heterocycles. The molecule has 230 valence electrons. The first-order valence-electron chi connectivity index (χ1n) is 14.7. The Morgan fingerprint density at radius 2 is 1.63 bits per heavy atom. The standard InChI is InChI=1S/C33H39Cl2N3O4S/c1-4-30(33(40)36-27-12-6-5-7-13-27)37(21-25-11-9-8-10-24(25)3)32(39)22-38(31-20-26(34)16-19-29(31)35)43(41,42)28-17-14-23(2)15-18-28/h8-11,14-20,27,30H,4-7,12-13,21-22H2,1-3H3,(H,36,40)/t30-/m1/s1. The second-order valence-corrected chi connectivity index (χ2v) is 13.8. The number of benzene rings is 3. The molecule has 1 aliphatic rings. The van der Waals surface area contributed by atoms with Gasteiger partial charge in [0.15, 0.2) is 0 Å². The Morgan fingerprint density at radius 3 is 2.28 bits per heavy atom. The van der Waals surface area contributed by atoms with Gasteiger partial charge in [0.25, 0.3) is 10.0 Å². The van der Waals surface area contributed by atoms with Crippen LogP contribution in [-0.4, -0.2) is 43.8 Å². The number of nitrogens with zero attached hydrogens (tertiary/aromatic N) is 2. The third-order valence-electron chi connectivity index (χ3n) is 8.00. The Morgan fingerprint density at radius 1 is 0.953 bits per heavy atom. The predicted octanol–water partition coefficient (Wildman–Crippen LogP) is 7.06. The molecular formula is C33H39Cl2N3O4S. The molecule has 0 aliphatic heterocycles. The lowest BCUT2D eigenvalue weighted by molar-refractivity contribution is -0.140. The molecule has 0 radical (unpaired) electrons. The first-order chi connectivity index (χ1) is 20.5. The summed E-state index contributed by atoms with van der Waals surface area (Å²) in [6.07, 6.45) is 5.44. The van der Waals surface area contributed by atoms with Crippen molar-refractivity contribution in [3.63, 3.8) is 0 Å². The molecule has 0 bridgehead atoms. The molecule has 1 fully saturated rings. The molecule has 4 rings (SSSR count). The average molecular weight is 645 g/mol. The van der Waals surface area contributed by atoms with Crippen molar-refractivity contribution in [1.29, 1.82) is 0 Å². The van der Waals surface area contributed by atoms with Crippen LogP contribution in [0, 0.1) is 13.8 Å². The van der Waals surface area contributed by atoms with Crippen LogP contribution < -0.4 is 9.62 Å². The van der Waals surface area contributed by atoms with E-state index in [-0.39, 0.29) is 39.1 Å². The first kappa shape index (κ1) is 32.8. The Labute approximate surface area is 265 Å². The van der Waals surface area contributed by atoms with Gasteiger partial charge in [0.05, 0.1) is 15.6 Å². The van der Waals surface area contributed by atoms with Crippen molar-refractivity contribution in [2.75, 3.05) is 10.8 Å². The van der Waals surface area contributed by atoms with Gasteiger partial charge in [0.2, 0.25) is 11.8 Å². The normalized spacial score (nSPS) is 14.6. The highest BCUT2D eigenvalue weighted by Gasteiger charge is 2.35. The minimum atomic E-state index is -4.25. The molecule has 0 heterocycles. The molecule has 7 nitrogen and oxygen atoms in total. The van der Waals surface area contributed by atoms with E-state index in [4.69, 9.17) is 23.2 Å². The fourth-order valence-corrected chi connectivity index (χ4v) is 7.32. The molecule has 43 heavy (non-hydrogen) atoms. The molecule has 1 N–H and O–H groups in total. The number of hydrogen-bond acceptors (Lipinski definition) is 4. The van der Waals surface area contributed by atoms with Crippen LogP contribution >= 0.6 is 23.2 Å². The maximum atomic E-state index is 14.3. The SMILES string of the molecule is CC[C@H](C(=O)NC1CCCCC1)N(Cc1ccccc1C)C(=O)CN(c1cc(Cl)ccc1Cl)S(=O)(=O)c1ccc(C)cc1. The quantitative estimate of drug-likeness (QED) is 0.242. The van der Waals surface area contributed by atoms with Gasteiger partial charge in [-0.2, -0.15) is 0 Å². The molecule has 10 heteroatoms. The lowest BCUT2D eigenvalue weighted by Crippen LogP contribution is -2.54. The number of carbonyl (C=O) groups is 2. The minimum absolute atomic E-state index is 0.00878. The average Bonchev–Trinajstić information content (AvgIpc) is 2.98. The smallest absolute Gasteiger partial charge is 0.264 e. The maximum absolute atomic E-state index is 14.3. The number of hydrogen-bond donors (Lipinski definition) is 1. The summed E-state index contributed by atoms with van der Waals surface area (Å²) in [6.45, 7) is 5.23. The maximum Gasteiger partial charge on any atom is 0.264 e. The van der Waals surface area contributed by atoms with E-state index in [0.717, 1.165) is 53.1 Å². The largest absolute Gasteiger partial charge is 0.352 e. The Kier molecular flexibility index (Phi) is 11.2. The molecule has 1 aliphatic carbocycles. The summed E-state index contributed by atoms with van der Waals surface area (Å²) in [5, 5.41) is 3.56. The molecule has 1 saturated carbocycles. The number of anilines is 1. The van der Waals surface area contributed by atoms with Gasteiger partial charge in [-0.1, -0.05) is 91.3 Å². The summed E-state index contributed by atoms with van der Waals surface area (Å²) in [5.74, 6) is -0.759. The molecule has 2 amide bonds. The fraction of sp³-hybridized carbons (Fsp3) is 0.394. The number of sulfonamides is 1. The molecule has 3 aromatic rings. The second-order valence-electron chi connectivity index (χ2n) is 11.1. The topological polar surface area (TPSA) is 86.8 Å². The summed E-state index contributed by atoms with van der Waals surface area (Å²) in [5.41, 5.74) is 2.80. The summed E-state index contributed by atoms with van der Waals surface area (Å²) in [4.78, 5) is 29.5. The number of carbonyl (C=O) groups excluding carboxylic acids is 2. The van der Waals surface area contributed by atoms with E-state index in [1.54, 1.807) is 18.2 Å². The number of nitrogens with one attached hydrogen (secondary N) is 1. The van der Waals surface area contributed by atoms with Crippen LogP contribution in [-0.2, 0) is 26.2 Å². The first-order valence-corrected chi connectivity index (χ1v) is 16.9. The van der Waals surface area contributed by atoms with E-state index in [1.807, 2.05) is 45.0 Å². The van der Waals surface area contributed by atoms with E-state index in [1.165, 1.54) is 29.2 Å². The van der Waals surface area contributed by atoms with Gasteiger partial charge >= 0.3 is 0 Å². The van der Waals surface area contributed by atoms with Crippen molar-refractivity contribution in [3.05, 3.63) is 93.5 Å². The second kappa shape index (κ2) is 14.6. The van der Waals surface area contributed by atoms with Crippen molar-refractivity contribution in [2.24, 2.45) is 0 Å². The van der Waals surface area contributed by atoms with E-state index in [2.05, 4.69) is 5.32 Å². The van der Waals surface area contributed by atoms with Crippen LogP contribution in [0.4, 0.5) is 5.69 Å². The van der Waals surface area contributed by atoms with Gasteiger partial charge in [0, 0.05) is 17.6 Å². The number of halogens is 2. The van der Waals surface area contributed by atoms with Crippen LogP contribution in [0.25, 0.3) is 0 Å². The highest BCUT2D eigenvalue weighted by atomic mass is 35.5. The van der Waals surface area contributed by atoms with Crippen LogP contribution in [0.15, 0.2) is 71.6 Å². The van der Waals surface area contributed by atoms with Gasteiger partial charge < -0.3 is 10.2 Å². The zero-order valence-corrected chi connectivity index (χ0v) is 27.2. The predicted molar refractivity (Wildman–Crippen MR) is 173 cm³/mol. The Hall–Kier alpha value is -3.07. The van der Waals surface area contributed by atoms with Gasteiger partial charge in [-0.25, -0.2) is 8.42 Å². The molecule has 1 atom stereocenters. The third-order valence-corrected chi connectivity index (χ3v) is 10.3. The highest BCUT2D eigenvalue weighted by molar-refractivity contribution is 7.92. The fourth-order valence-electron chi connectivity index (χ4n) is 5.46. The monoisotopic (exact) mass is 643 g/mol. The molecule has 0 unspecified atom stereocenters. The molecule has 3 aromatic carbocycles. The van der Waals surface area contributed by atoms with Gasteiger partial charge in [-0.3, -0.25) is 13.9 Å². The zero-order valence-electron chi connectivity index (χ0n) is 24.9. The van der Waals surface area contributed by atoms with Crippen molar-refractivity contribution in [2.45, 2.75) is 82.8 Å². The minimum Gasteiger partial charge on any atom is -0.352 e. The van der Waals surface area contributed by atoms with Crippen LogP contribution in [0.2, 0.25) is 10.0 Å². The Bertz CT molecular complexity index is 1540. The van der Waals surface area contributed by atoms with Crippen molar-refractivity contribution < 1.29 is 18.0 Å². The van der Waals surface area contributed by atoms with Gasteiger partial charge in [-0.15, -0.1) is 0 Å². The van der Waals surface area contributed by atoms with E-state index in [9.17, 15) is 18.0 Å². The molecular weight excluding hydrogens is 605 g/mol. The van der Waals surface area contributed by atoms with Crippen LogP contribution in [0.3, 0.4) is 0 Å². The Balaban J connectivity index is 1.74. The van der Waals surface area contributed by atoms with Crippen molar-refractivity contribution >= 4 is 50.7 Å². The van der Waals surface area contributed by atoms with Gasteiger partial charge in [-0.05, 0) is 74.6 Å². The van der Waals surface area contributed by atoms with Crippen molar-refractivity contribution in [1.82, 2.24) is 10.2 Å². The number of aryl methyl sites for hydroxylation is 2. The lowest BCUT2D eigenvalue weighted by Gasteiger charge is -2.35. The highest BCUT2D eigenvalue weighted by Crippen LogP contribution is 2.33. The number of rotatable bonds is 11. The summed E-state index contributed by atoms with van der Waals surface area (Å²) >= 11 is 12.8. The molecule has 0 spiro atoms. The van der Waals surface area contributed by atoms with E-state index >= 15 is 0 Å². The zero-order chi connectivity index (χ0) is 31.1. The van der Waals surface area contributed by atoms with Gasteiger partial charge in [0.1, 0.15) is 12.6 Å². The summed E-state index contributed by atoms with van der Waals surface area (Å²) < 4.78 is 29.2. The van der Waals surface area contributed by atoms with E-state index < -0.39 is 28.5 Å². The summed E-state index contributed by atoms with van der Waals surface area (Å²) in [6, 6.07) is 17.8. The van der Waals surface area contributed by atoms with Crippen LogP contribution in [0.5, 0.6) is 0 Å². The van der Waals surface area contributed by atoms with Crippen LogP contribution in [0.1, 0.15) is 62.1 Å². The lowest BCUT2D eigenvalue weighted by atomic mass is 9.95. The number of amides is 2. The summed E-state index contributed by atoms with van der Waals surface area (Å²) in [7, 11) is -4.25. The van der Waals surface area contributed by atoms with E-state index in [0.29, 0.717) is 6.42 Å².